The van der Waals surface area contributed by atoms with Gasteiger partial charge in [0.15, 0.2) is 0 Å². The third kappa shape index (κ3) is 2.16. The lowest BCUT2D eigenvalue weighted by atomic mass is 9.81. The predicted molar refractivity (Wildman–Crippen MR) is 66.1 cm³/mol. The van der Waals surface area contributed by atoms with Crippen LogP contribution in [0.25, 0.3) is 0 Å². The average molecular weight is 221 g/mol. The highest BCUT2D eigenvalue weighted by atomic mass is 16.1. The van der Waals surface area contributed by atoms with E-state index in [1.165, 1.54) is 51.4 Å². The number of hydrogen-bond donors (Lipinski definition) is 1. The zero-order chi connectivity index (χ0) is 11.6. The Kier molecular flexibility index (Phi) is 3.36. The van der Waals surface area contributed by atoms with Crippen molar-refractivity contribution in [1.29, 1.82) is 0 Å². The minimum atomic E-state index is 0.0637. The minimum Gasteiger partial charge on any atom is -0.347 e. The average Bonchev–Trinajstić information content (AvgIpc) is 2.87. The van der Waals surface area contributed by atoms with E-state index in [1.54, 1.807) is 6.92 Å². The van der Waals surface area contributed by atoms with Crippen LogP contribution in [0.4, 0.5) is 0 Å². The van der Waals surface area contributed by atoms with Crippen molar-refractivity contribution in [2.24, 2.45) is 5.92 Å². The van der Waals surface area contributed by atoms with Gasteiger partial charge >= 0.3 is 0 Å². The second-order valence-corrected chi connectivity index (χ2v) is 5.58. The molecule has 16 heavy (non-hydrogen) atoms. The summed E-state index contributed by atoms with van der Waals surface area (Å²) in [5.74, 6) is 0.784. The highest BCUT2D eigenvalue weighted by Gasteiger charge is 2.43. The summed E-state index contributed by atoms with van der Waals surface area (Å²) < 4.78 is 0. The monoisotopic (exact) mass is 221 g/mol. The Hall–Kier alpha value is -0.790. The van der Waals surface area contributed by atoms with Crippen molar-refractivity contribution in [1.82, 2.24) is 5.32 Å². The molecule has 2 heteroatoms. The van der Waals surface area contributed by atoms with E-state index in [2.05, 4.69) is 11.9 Å². The molecule has 0 aromatic rings. The predicted octanol–water partition coefficient (Wildman–Crippen LogP) is 3.18. The molecule has 90 valence electrons. The number of nitrogens with one attached hydrogen (secondary N) is 1. The molecular formula is C14H23NO. The molecule has 0 unspecified atom stereocenters. The maximum Gasteiger partial charge on any atom is 0.246 e. The lowest BCUT2D eigenvalue weighted by molar-refractivity contribution is -0.120. The molecular weight excluding hydrogens is 198 g/mol. The fourth-order valence-corrected chi connectivity index (χ4v) is 3.45. The molecule has 2 nitrogen and oxygen atoms in total. The first-order valence-corrected chi connectivity index (χ1v) is 6.62. The smallest absolute Gasteiger partial charge is 0.246 e. The first-order chi connectivity index (χ1) is 7.64. The van der Waals surface area contributed by atoms with E-state index in [-0.39, 0.29) is 11.4 Å². The van der Waals surface area contributed by atoms with E-state index in [0.29, 0.717) is 5.57 Å². The maximum absolute atomic E-state index is 11.9. The van der Waals surface area contributed by atoms with Crippen LogP contribution in [0.1, 0.15) is 58.3 Å². The van der Waals surface area contributed by atoms with Gasteiger partial charge in [-0.15, -0.1) is 0 Å². The van der Waals surface area contributed by atoms with E-state index in [9.17, 15) is 4.79 Å². The molecule has 2 aliphatic carbocycles. The van der Waals surface area contributed by atoms with Gasteiger partial charge in [0.05, 0.1) is 0 Å². The van der Waals surface area contributed by atoms with Crippen molar-refractivity contribution in [3.63, 3.8) is 0 Å². The second-order valence-electron chi connectivity index (χ2n) is 5.58. The molecule has 0 saturated heterocycles. The minimum absolute atomic E-state index is 0.0637. The van der Waals surface area contributed by atoms with Crippen LogP contribution in [0.5, 0.6) is 0 Å². The lowest BCUT2D eigenvalue weighted by Crippen LogP contribution is -2.51. The summed E-state index contributed by atoms with van der Waals surface area (Å²) >= 11 is 0. The van der Waals surface area contributed by atoms with Crippen LogP contribution in [-0.4, -0.2) is 11.4 Å². The molecule has 0 aromatic carbocycles. The molecule has 1 amide bonds. The van der Waals surface area contributed by atoms with E-state index >= 15 is 0 Å². The Bertz CT molecular complexity index is 283. The van der Waals surface area contributed by atoms with Crippen molar-refractivity contribution in [2.45, 2.75) is 63.8 Å². The standard InChI is InChI=1S/C14H23NO/c1-11(2)13(16)15-14(9-5-6-10-14)12-7-3-4-8-12/h12H,1,3-10H2,2H3,(H,15,16). The topological polar surface area (TPSA) is 29.1 Å². The molecule has 0 radical (unpaired) electrons. The zero-order valence-electron chi connectivity index (χ0n) is 10.3. The third-order valence-electron chi connectivity index (χ3n) is 4.38. The van der Waals surface area contributed by atoms with Crippen molar-refractivity contribution in [2.75, 3.05) is 0 Å². The van der Waals surface area contributed by atoms with E-state index in [0.717, 1.165) is 5.92 Å². The highest BCUT2D eigenvalue weighted by Crippen LogP contribution is 2.43. The van der Waals surface area contributed by atoms with Gasteiger partial charge in [0.1, 0.15) is 0 Å². The Balaban J connectivity index is 2.08. The van der Waals surface area contributed by atoms with Crippen molar-refractivity contribution >= 4 is 5.91 Å². The summed E-state index contributed by atoms with van der Waals surface area (Å²) in [6.07, 6.45) is 10.2. The fourth-order valence-electron chi connectivity index (χ4n) is 3.45. The number of carbonyl (C=O) groups is 1. The summed E-state index contributed by atoms with van der Waals surface area (Å²) in [6.45, 7) is 5.54. The maximum atomic E-state index is 11.9. The molecule has 0 spiro atoms. The lowest BCUT2D eigenvalue weighted by Gasteiger charge is -2.36. The summed E-state index contributed by atoms with van der Waals surface area (Å²) in [5.41, 5.74) is 0.760. The number of rotatable bonds is 3. The molecule has 1 N–H and O–H groups in total. The van der Waals surface area contributed by atoms with Crippen molar-refractivity contribution in [3.05, 3.63) is 12.2 Å². The van der Waals surface area contributed by atoms with E-state index < -0.39 is 0 Å². The van der Waals surface area contributed by atoms with Gasteiger partial charge in [0, 0.05) is 11.1 Å². The van der Waals surface area contributed by atoms with E-state index in [4.69, 9.17) is 0 Å². The molecule has 2 rings (SSSR count). The van der Waals surface area contributed by atoms with Gasteiger partial charge in [0.25, 0.3) is 0 Å². The summed E-state index contributed by atoms with van der Waals surface area (Å²) in [5, 5.41) is 3.30. The SMILES string of the molecule is C=C(C)C(=O)NC1(C2CCCC2)CCCC1. The molecule has 0 aliphatic heterocycles. The summed E-state index contributed by atoms with van der Waals surface area (Å²) in [6, 6.07) is 0. The van der Waals surface area contributed by atoms with Gasteiger partial charge < -0.3 is 5.32 Å². The largest absolute Gasteiger partial charge is 0.347 e. The Labute approximate surface area is 98.5 Å². The van der Waals surface area contributed by atoms with Crippen LogP contribution in [-0.2, 0) is 4.79 Å². The molecule has 0 heterocycles. The van der Waals surface area contributed by atoms with Crippen LogP contribution in [0.3, 0.4) is 0 Å². The Morgan fingerprint density at radius 3 is 2.25 bits per heavy atom. The van der Waals surface area contributed by atoms with Gasteiger partial charge in [-0.1, -0.05) is 32.3 Å². The van der Waals surface area contributed by atoms with Crippen LogP contribution in [0.15, 0.2) is 12.2 Å². The van der Waals surface area contributed by atoms with Gasteiger partial charge in [-0.25, -0.2) is 0 Å². The molecule has 0 aromatic heterocycles. The first-order valence-electron chi connectivity index (χ1n) is 6.62. The van der Waals surface area contributed by atoms with Crippen LogP contribution < -0.4 is 5.32 Å². The quantitative estimate of drug-likeness (QED) is 0.729. The Morgan fingerprint density at radius 2 is 1.75 bits per heavy atom. The molecule has 2 fully saturated rings. The van der Waals surface area contributed by atoms with Gasteiger partial charge in [-0.05, 0) is 38.5 Å². The van der Waals surface area contributed by atoms with Gasteiger partial charge in [-0.2, -0.15) is 0 Å². The molecule has 0 atom stereocenters. The Morgan fingerprint density at radius 1 is 1.19 bits per heavy atom. The number of hydrogen-bond acceptors (Lipinski definition) is 1. The zero-order valence-corrected chi connectivity index (χ0v) is 10.3. The van der Waals surface area contributed by atoms with Crippen LogP contribution in [0.2, 0.25) is 0 Å². The number of carbonyl (C=O) groups excluding carboxylic acids is 1. The van der Waals surface area contributed by atoms with Crippen LogP contribution >= 0.6 is 0 Å². The van der Waals surface area contributed by atoms with Crippen LogP contribution in [0, 0.1) is 5.92 Å². The molecule has 0 bridgehead atoms. The highest BCUT2D eigenvalue weighted by molar-refractivity contribution is 5.92. The second kappa shape index (κ2) is 4.60. The van der Waals surface area contributed by atoms with Gasteiger partial charge in [-0.3, -0.25) is 4.79 Å². The number of amides is 1. The van der Waals surface area contributed by atoms with Crippen molar-refractivity contribution < 1.29 is 4.79 Å². The van der Waals surface area contributed by atoms with Gasteiger partial charge in [0.2, 0.25) is 5.91 Å². The first kappa shape index (κ1) is 11.7. The normalized spacial score (nSPS) is 24.6. The fraction of sp³-hybridized carbons (Fsp3) is 0.786. The third-order valence-corrected chi connectivity index (χ3v) is 4.38. The van der Waals surface area contributed by atoms with Crippen molar-refractivity contribution in [3.8, 4) is 0 Å². The summed E-state index contributed by atoms with van der Waals surface area (Å²) in [4.78, 5) is 11.9. The molecule has 2 aliphatic rings. The summed E-state index contributed by atoms with van der Waals surface area (Å²) in [7, 11) is 0. The molecule has 2 saturated carbocycles. The van der Waals surface area contributed by atoms with E-state index in [1.807, 2.05) is 0 Å².